The summed E-state index contributed by atoms with van der Waals surface area (Å²) in [5.41, 5.74) is 0.387. The molecule has 0 atom stereocenters. The Morgan fingerprint density at radius 1 is 1.12 bits per heavy atom. The van der Waals surface area contributed by atoms with Crippen LogP contribution in [0.3, 0.4) is 0 Å². The summed E-state index contributed by atoms with van der Waals surface area (Å²) >= 11 is 0. The van der Waals surface area contributed by atoms with Crippen molar-refractivity contribution in [3.05, 3.63) is 65.2 Å². The Hall–Kier alpha value is -3.08. The third kappa shape index (κ3) is 6.70. The molecule has 0 spiro atoms. The second-order valence-electron chi connectivity index (χ2n) is 7.83. The van der Waals surface area contributed by atoms with Crippen LogP contribution in [0.25, 0.3) is 0 Å². The van der Waals surface area contributed by atoms with Gasteiger partial charge in [0.1, 0.15) is 6.54 Å². The topological polar surface area (TPSA) is 86.8 Å². The van der Waals surface area contributed by atoms with Gasteiger partial charge in [-0.25, -0.2) is 8.42 Å². The Kier molecular flexibility index (Phi) is 7.31. The molecule has 1 aliphatic rings. The molecule has 0 bridgehead atoms. The third-order valence-electron chi connectivity index (χ3n) is 5.17. The number of alkyl halides is 3. The number of carbonyl (C=O) groups is 2. The van der Waals surface area contributed by atoms with Crippen LogP contribution >= 0.6 is 0 Å². The maximum atomic E-state index is 13.0. The van der Waals surface area contributed by atoms with Crippen LogP contribution in [0, 0.1) is 0 Å². The van der Waals surface area contributed by atoms with Crippen LogP contribution in [0.2, 0.25) is 0 Å². The monoisotopic (exact) mass is 483 g/mol. The predicted molar refractivity (Wildman–Crippen MR) is 117 cm³/mol. The molecule has 2 aromatic carbocycles. The van der Waals surface area contributed by atoms with Gasteiger partial charge in [0.2, 0.25) is 21.8 Å². The van der Waals surface area contributed by atoms with Crippen LogP contribution < -0.4 is 9.62 Å². The third-order valence-corrected chi connectivity index (χ3v) is 6.32. The molecule has 0 saturated carbocycles. The van der Waals surface area contributed by atoms with Gasteiger partial charge in [0.05, 0.1) is 17.5 Å². The predicted octanol–water partition coefficient (Wildman–Crippen LogP) is 2.91. The van der Waals surface area contributed by atoms with Gasteiger partial charge in [0, 0.05) is 26.1 Å². The molecule has 1 heterocycles. The Morgan fingerprint density at radius 2 is 1.82 bits per heavy atom. The number of sulfonamides is 1. The molecule has 1 fully saturated rings. The molecule has 3 rings (SSSR count). The average molecular weight is 484 g/mol. The molecular formula is C22H24F3N3O4S. The molecule has 178 valence electrons. The van der Waals surface area contributed by atoms with E-state index < -0.39 is 34.2 Å². The van der Waals surface area contributed by atoms with E-state index >= 15 is 0 Å². The molecule has 2 amide bonds. The molecular weight excluding hydrogens is 459 g/mol. The minimum Gasteiger partial charge on any atom is -0.350 e. The smallest absolute Gasteiger partial charge is 0.350 e. The van der Waals surface area contributed by atoms with E-state index in [0.29, 0.717) is 29.9 Å². The number of amides is 2. The lowest BCUT2D eigenvalue weighted by molar-refractivity contribution is -0.137. The normalized spacial score (nSPS) is 14.4. The molecule has 7 nitrogen and oxygen atoms in total. The summed E-state index contributed by atoms with van der Waals surface area (Å²) in [6.07, 6.45) is -2.45. The number of hydrogen-bond donors (Lipinski definition) is 1. The van der Waals surface area contributed by atoms with Gasteiger partial charge in [-0.1, -0.05) is 30.3 Å². The van der Waals surface area contributed by atoms with E-state index in [1.165, 1.54) is 6.07 Å². The second-order valence-corrected chi connectivity index (χ2v) is 9.74. The lowest BCUT2D eigenvalue weighted by Gasteiger charge is -2.23. The van der Waals surface area contributed by atoms with Crippen molar-refractivity contribution < 1.29 is 31.2 Å². The maximum Gasteiger partial charge on any atom is 0.416 e. The maximum absolute atomic E-state index is 13.0. The number of rotatable bonds is 8. The van der Waals surface area contributed by atoms with E-state index in [0.717, 1.165) is 35.9 Å². The molecule has 1 N–H and O–H groups in total. The van der Waals surface area contributed by atoms with E-state index in [9.17, 15) is 31.2 Å². The standard InChI is InChI=1S/C22H24F3N3O4S/c1-33(31,32)28(19-8-3-7-18(12-19)22(23,24)25)15-20(29)26-13-16-5-2-6-17(11-16)14-27-10-4-9-21(27)30/h2-3,5-8,11-12H,4,9-10,13-15H2,1H3,(H,26,29). The van der Waals surface area contributed by atoms with Crippen LogP contribution in [-0.4, -0.2) is 44.5 Å². The number of carbonyl (C=O) groups excluding carboxylic acids is 2. The van der Waals surface area contributed by atoms with Gasteiger partial charge in [-0.3, -0.25) is 13.9 Å². The Labute approximate surface area is 190 Å². The van der Waals surface area contributed by atoms with Gasteiger partial charge in [-0.2, -0.15) is 13.2 Å². The van der Waals surface area contributed by atoms with Crippen molar-refractivity contribution in [1.29, 1.82) is 0 Å². The molecule has 0 radical (unpaired) electrons. The van der Waals surface area contributed by atoms with Crippen LogP contribution in [-0.2, 0) is 38.9 Å². The Morgan fingerprint density at radius 3 is 2.45 bits per heavy atom. The first-order valence-corrected chi connectivity index (χ1v) is 12.1. The first kappa shape index (κ1) is 24.6. The van der Waals surface area contributed by atoms with Crippen molar-refractivity contribution in [2.45, 2.75) is 32.1 Å². The largest absolute Gasteiger partial charge is 0.416 e. The van der Waals surface area contributed by atoms with Crippen LogP contribution in [0.4, 0.5) is 18.9 Å². The van der Waals surface area contributed by atoms with Gasteiger partial charge in [-0.05, 0) is 35.7 Å². The Bertz CT molecular complexity index is 1140. The van der Waals surface area contributed by atoms with E-state index in [4.69, 9.17) is 0 Å². The van der Waals surface area contributed by atoms with Gasteiger partial charge in [0.25, 0.3) is 0 Å². The lowest BCUT2D eigenvalue weighted by Crippen LogP contribution is -2.40. The van der Waals surface area contributed by atoms with Crippen molar-refractivity contribution in [3.63, 3.8) is 0 Å². The van der Waals surface area contributed by atoms with Gasteiger partial charge < -0.3 is 10.2 Å². The van der Waals surface area contributed by atoms with Gasteiger partial charge in [0.15, 0.2) is 0 Å². The fourth-order valence-corrected chi connectivity index (χ4v) is 4.40. The zero-order valence-electron chi connectivity index (χ0n) is 17.9. The molecule has 0 aliphatic carbocycles. The zero-order valence-corrected chi connectivity index (χ0v) is 18.7. The number of halogens is 3. The second kappa shape index (κ2) is 9.82. The fourth-order valence-electron chi connectivity index (χ4n) is 3.55. The lowest BCUT2D eigenvalue weighted by atomic mass is 10.1. The highest BCUT2D eigenvalue weighted by atomic mass is 32.2. The summed E-state index contributed by atoms with van der Waals surface area (Å²) in [5, 5.41) is 2.60. The van der Waals surface area contributed by atoms with Crippen molar-refractivity contribution in [2.24, 2.45) is 0 Å². The molecule has 1 saturated heterocycles. The number of hydrogen-bond acceptors (Lipinski definition) is 4. The van der Waals surface area contributed by atoms with Crippen molar-refractivity contribution in [3.8, 4) is 0 Å². The average Bonchev–Trinajstić information content (AvgIpc) is 3.14. The van der Waals surface area contributed by atoms with Crippen LogP contribution in [0.1, 0.15) is 29.5 Å². The Balaban J connectivity index is 1.66. The summed E-state index contributed by atoms with van der Waals surface area (Å²) in [6, 6.07) is 11.1. The van der Waals surface area contributed by atoms with E-state index in [1.807, 2.05) is 12.1 Å². The van der Waals surface area contributed by atoms with E-state index in [2.05, 4.69) is 5.32 Å². The summed E-state index contributed by atoms with van der Waals surface area (Å²) in [7, 11) is -4.02. The first-order valence-electron chi connectivity index (χ1n) is 10.2. The van der Waals surface area contributed by atoms with Crippen LogP contribution in [0.15, 0.2) is 48.5 Å². The number of nitrogens with zero attached hydrogens (tertiary/aromatic N) is 2. The van der Waals surface area contributed by atoms with Gasteiger partial charge in [-0.15, -0.1) is 0 Å². The van der Waals surface area contributed by atoms with Crippen molar-refractivity contribution >= 4 is 27.5 Å². The first-order chi connectivity index (χ1) is 15.4. The summed E-state index contributed by atoms with van der Waals surface area (Å²) in [4.78, 5) is 26.0. The van der Waals surface area contributed by atoms with Crippen LogP contribution in [0.5, 0.6) is 0 Å². The van der Waals surface area contributed by atoms with E-state index in [1.54, 1.807) is 17.0 Å². The highest BCUT2D eigenvalue weighted by molar-refractivity contribution is 7.92. The minimum absolute atomic E-state index is 0.0980. The highest BCUT2D eigenvalue weighted by Gasteiger charge is 2.32. The number of likely N-dealkylation sites (tertiary alicyclic amines) is 1. The number of anilines is 1. The summed E-state index contributed by atoms with van der Waals surface area (Å²) in [6.45, 7) is 0.609. The molecule has 0 aromatic heterocycles. The highest BCUT2D eigenvalue weighted by Crippen LogP contribution is 2.32. The zero-order chi connectivity index (χ0) is 24.2. The fraction of sp³-hybridized carbons (Fsp3) is 0.364. The molecule has 1 aliphatic heterocycles. The molecule has 0 unspecified atom stereocenters. The number of nitrogens with one attached hydrogen (secondary N) is 1. The van der Waals surface area contributed by atoms with Crippen molar-refractivity contribution in [2.75, 3.05) is 23.7 Å². The minimum atomic E-state index is -4.65. The summed E-state index contributed by atoms with van der Waals surface area (Å²) in [5.74, 6) is -0.567. The number of benzene rings is 2. The SMILES string of the molecule is CS(=O)(=O)N(CC(=O)NCc1cccc(CN2CCCC2=O)c1)c1cccc(C(F)(F)F)c1. The molecule has 33 heavy (non-hydrogen) atoms. The summed E-state index contributed by atoms with van der Waals surface area (Å²) < 4.78 is 64.0. The quantitative estimate of drug-likeness (QED) is 0.626. The van der Waals surface area contributed by atoms with E-state index in [-0.39, 0.29) is 18.1 Å². The van der Waals surface area contributed by atoms with Gasteiger partial charge >= 0.3 is 6.18 Å². The molecule has 11 heteroatoms. The molecule has 2 aromatic rings. The van der Waals surface area contributed by atoms with Crippen molar-refractivity contribution in [1.82, 2.24) is 10.2 Å².